The fourth-order valence-electron chi connectivity index (χ4n) is 1.38. The first kappa shape index (κ1) is 12.4. The van der Waals surface area contributed by atoms with Crippen LogP contribution in [0.15, 0.2) is 24.3 Å². The average Bonchev–Trinajstić information content (AvgIpc) is 2.17. The number of carbonyl (C=O) groups is 1. The minimum Gasteiger partial charge on any atom is -0.508 e. The SMILES string of the molecule is CCCC(C)OC(=O)Nc1cccc(O)c1. The van der Waals surface area contributed by atoms with Gasteiger partial charge in [0.25, 0.3) is 0 Å². The third-order valence-corrected chi connectivity index (χ3v) is 2.10. The van der Waals surface area contributed by atoms with Crippen LogP contribution in [0.25, 0.3) is 0 Å². The van der Waals surface area contributed by atoms with Gasteiger partial charge in [-0.3, -0.25) is 5.32 Å². The van der Waals surface area contributed by atoms with Gasteiger partial charge >= 0.3 is 6.09 Å². The van der Waals surface area contributed by atoms with E-state index in [0.717, 1.165) is 12.8 Å². The quantitative estimate of drug-likeness (QED) is 0.824. The van der Waals surface area contributed by atoms with Crippen molar-refractivity contribution in [1.29, 1.82) is 0 Å². The molecule has 1 atom stereocenters. The predicted molar refractivity (Wildman–Crippen MR) is 62.6 cm³/mol. The Balaban J connectivity index is 2.45. The lowest BCUT2D eigenvalue weighted by Gasteiger charge is -2.12. The van der Waals surface area contributed by atoms with Gasteiger partial charge in [-0.05, 0) is 25.5 Å². The molecule has 2 N–H and O–H groups in total. The van der Waals surface area contributed by atoms with Crippen LogP contribution in [-0.4, -0.2) is 17.3 Å². The largest absolute Gasteiger partial charge is 0.508 e. The van der Waals surface area contributed by atoms with Gasteiger partial charge in [-0.15, -0.1) is 0 Å². The monoisotopic (exact) mass is 223 g/mol. The topological polar surface area (TPSA) is 58.6 Å². The molecule has 0 aliphatic rings. The van der Waals surface area contributed by atoms with Crippen LogP contribution in [0.2, 0.25) is 0 Å². The van der Waals surface area contributed by atoms with Crippen molar-refractivity contribution in [3.05, 3.63) is 24.3 Å². The summed E-state index contributed by atoms with van der Waals surface area (Å²) in [6.45, 7) is 3.89. The molecule has 0 radical (unpaired) electrons. The normalized spacial score (nSPS) is 11.9. The first-order chi connectivity index (χ1) is 7.61. The van der Waals surface area contributed by atoms with Crippen LogP contribution >= 0.6 is 0 Å². The van der Waals surface area contributed by atoms with E-state index in [0.29, 0.717) is 5.69 Å². The number of nitrogens with one attached hydrogen (secondary N) is 1. The van der Waals surface area contributed by atoms with Gasteiger partial charge in [-0.2, -0.15) is 0 Å². The van der Waals surface area contributed by atoms with Crippen molar-refractivity contribution >= 4 is 11.8 Å². The number of aromatic hydroxyl groups is 1. The van der Waals surface area contributed by atoms with Crippen LogP contribution in [-0.2, 0) is 4.74 Å². The molecule has 0 fully saturated rings. The smallest absolute Gasteiger partial charge is 0.411 e. The molecule has 0 bridgehead atoms. The van der Waals surface area contributed by atoms with Crippen molar-refractivity contribution in [3.63, 3.8) is 0 Å². The maximum absolute atomic E-state index is 11.4. The van der Waals surface area contributed by atoms with Gasteiger partial charge in [0.15, 0.2) is 0 Å². The number of carbonyl (C=O) groups excluding carboxylic acids is 1. The second-order valence-electron chi connectivity index (χ2n) is 3.68. The van der Waals surface area contributed by atoms with Gasteiger partial charge in [0.2, 0.25) is 0 Å². The van der Waals surface area contributed by atoms with Crippen LogP contribution in [0.4, 0.5) is 10.5 Å². The molecule has 0 heterocycles. The van der Waals surface area contributed by atoms with E-state index < -0.39 is 6.09 Å². The Bertz CT molecular complexity index is 352. The van der Waals surface area contributed by atoms with Crippen LogP contribution in [0.5, 0.6) is 5.75 Å². The van der Waals surface area contributed by atoms with E-state index in [1.54, 1.807) is 12.1 Å². The molecular formula is C12H17NO3. The van der Waals surface area contributed by atoms with Gasteiger partial charge in [-0.25, -0.2) is 4.79 Å². The van der Waals surface area contributed by atoms with Crippen LogP contribution < -0.4 is 5.32 Å². The number of anilines is 1. The Morgan fingerprint density at radius 2 is 2.31 bits per heavy atom. The molecule has 16 heavy (non-hydrogen) atoms. The number of phenolic OH excluding ortho intramolecular Hbond substituents is 1. The summed E-state index contributed by atoms with van der Waals surface area (Å²) in [6, 6.07) is 6.34. The summed E-state index contributed by atoms with van der Waals surface area (Å²) in [5, 5.41) is 11.8. The van der Waals surface area contributed by atoms with E-state index in [2.05, 4.69) is 5.32 Å². The summed E-state index contributed by atoms with van der Waals surface area (Å²) in [6.07, 6.45) is 1.22. The van der Waals surface area contributed by atoms with Crippen LogP contribution in [0.3, 0.4) is 0 Å². The van der Waals surface area contributed by atoms with E-state index >= 15 is 0 Å². The standard InChI is InChI=1S/C12H17NO3/c1-3-5-9(2)16-12(15)13-10-6-4-7-11(14)8-10/h4,6-9,14H,3,5H2,1-2H3,(H,13,15). The van der Waals surface area contributed by atoms with Crippen molar-refractivity contribution in [2.24, 2.45) is 0 Å². The van der Waals surface area contributed by atoms with E-state index in [9.17, 15) is 9.90 Å². The lowest BCUT2D eigenvalue weighted by molar-refractivity contribution is 0.115. The molecule has 4 nitrogen and oxygen atoms in total. The van der Waals surface area contributed by atoms with E-state index in [1.807, 2.05) is 13.8 Å². The number of ether oxygens (including phenoxy) is 1. The summed E-state index contributed by atoms with van der Waals surface area (Å²) in [5.74, 6) is 0.111. The molecule has 4 heteroatoms. The van der Waals surface area contributed by atoms with Gasteiger partial charge in [0, 0.05) is 11.8 Å². The number of hydrogen-bond acceptors (Lipinski definition) is 3. The maximum Gasteiger partial charge on any atom is 0.411 e. The molecule has 88 valence electrons. The summed E-state index contributed by atoms with van der Waals surface area (Å²) in [7, 11) is 0. The summed E-state index contributed by atoms with van der Waals surface area (Å²) < 4.78 is 5.10. The zero-order valence-electron chi connectivity index (χ0n) is 9.56. The molecule has 1 aromatic rings. The zero-order chi connectivity index (χ0) is 12.0. The van der Waals surface area contributed by atoms with E-state index in [-0.39, 0.29) is 11.9 Å². The highest BCUT2D eigenvalue weighted by atomic mass is 16.6. The highest BCUT2D eigenvalue weighted by Gasteiger charge is 2.08. The fourth-order valence-corrected chi connectivity index (χ4v) is 1.38. The molecule has 0 saturated heterocycles. The fraction of sp³-hybridized carbons (Fsp3) is 0.417. The first-order valence-electron chi connectivity index (χ1n) is 5.38. The Morgan fingerprint density at radius 3 is 2.94 bits per heavy atom. The van der Waals surface area contributed by atoms with Crippen molar-refractivity contribution in [3.8, 4) is 5.75 Å². The minimum absolute atomic E-state index is 0.0951. The third kappa shape index (κ3) is 4.21. The maximum atomic E-state index is 11.4. The molecule has 0 aliphatic carbocycles. The number of benzene rings is 1. The molecule has 0 saturated carbocycles. The van der Waals surface area contributed by atoms with Crippen LogP contribution in [0, 0.1) is 0 Å². The van der Waals surface area contributed by atoms with E-state index in [1.165, 1.54) is 12.1 Å². The van der Waals surface area contributed by atoms with Crippen molar-refractivity contribution in [1.82, 2.24) is 0 Å². The van der Waals surface area contributed by atoms with Gasteiger partial charge in [0.1, 0.15) is 11.9 Å². The van der Waals surface area contributed by atoms with Crippen molar-refractivity contribution in [2.75, 3.05) is 5.32 Å². The van der Waals surface area contributed by atoms with Gasteiger partial charge < -0.3 is 9.84 Å². The van der Waals surface area contributed by atoms with Crippen molar-refractivity contribution in [2.45, 2.75) is 32.8 Å². The number of hydrogen-bond donors (Lipinski definition) is 2. The minimum atomic E-state index is -0.494. The highest BCUT2D eigenvalue weighted by molar-refractivity contribution is 5.84. The average molecular weight is 223 g/mol. The summed E-state index contributed by atoms with van der Waals surface area (Å²) in [4.78, 5) is 11.4. The Morgan fingerprint density at radius 1 is 1.56 bits per heavy atom. The lowest BCUT2D eigenvalue weighted by Crippen LogP contribution is -2.19. The lowest BCUT2D eigenvalue weighted by atomic mass is 10.2. The highest BCUT2D eigenvalue weighted by Crippen LogP contribution is 2.15. The third-order valence-electron chi connectivity index (χ3n) is 2.10. The molecule has 0 aromatic heterocycles. The van der Waals surface area contributed by atoms with Crippen LogP contribution in [0.1, 0.15) is 26.7 Å². The van der Waals surface area contributed by atoms with Gasteiger partial charge in [-0.1, -0.05) is 19.4 Å². The van der Waals surface area contributed by atoms with Crippen molar-refractivity contribution < 1.29 is 14.6 Å². The van der Waals surface area contributed by atoms with E-state index in [4.69, 9.17) is 4.74 Å². The Hall–Kier alpha value is -1.71. The molecular weight excluding hydrogens is 206 g/mol. The molecule has 1 rings (SSSR count). The number of phenols is 1. The number of rotatable bonds is 4. The molecule has 1 aromatic carbocycles. The second kappa shape index (κ2) is 6.00. The number of amides is 1. The summed E-state index contributed by atoms with van der Waals surface area (Å²) in [5.41, 5.74) is 0.522. The predicted octanol–water partition coefficient (Wildman–Crippen LogP) is 3.13. The Labute approximate surface area is 95.2 Å². The summed E-state index contributed by atoms with van der Waals surface area (Å²) >= 11 is 0. The zero-order valence-corrected chi connectivity index (χ0v) is 9.56. The molecule has 1 unspecified atom stereocenters. The molecule has 1 amide bonds. The van der Waals surface area contributed by atoms with Gasteiger partial charge in [0.05, 0.1) is 0 Å². The first-order valence-corrected chi connectivity index (χ1v) is 5.38. The molecule has 0 spiro atoms. The molecule has 0 aliphatic heterocycles. The Kier molecular flexibility index (Phi) is 4.64. The second-order valence-corrected chi connectivity index (χ2v) is 3.68.